The van der Waals surface area contributed by atoms with Crippen LogP contribution in [0.25, 0.3) is 6.08 Å². The van der Waals surface area contributed by atoms with E-state index in [2.05, 4.69) is 28.5 Å². The molecule has 1 aliphatic heterocycles. The Labute approximate surface area is 139 Å². The summed E-state index contributed by atoms with van der Waals surface area (Å²) in [5.74, 6) is -2.45. The summed E-state index contributed by atoms with van der Waals surface area (Å²) < 4.78 is 0. The molecule has 124 valence electrons. The number of hydrogen-bond acceptors (Lipinski definition) is 4. The molecule has 0 saturated carbocycles. The number of aryl methyl sites for hydroxylation is 1. The van der Waals surface area contributed by atoms with Crippen LogP contribution >= 0.6 is 0 Å². The molecule has 1 aliphatic carbocycles. The Morgan fingerprint density at radius 3 is 2.79 bits per heavy atom. The molecular weight excluding hydrogens is 308 g/mol. The van der Waals surface area contributed by atoms with Gasteiger partial charge >= 0.3 is 11.9 Å². The van der Waals surface area contributed by atoms with E-state index >= 15 is 0 Å². The number of hydrogen-bond donors (Lipinski definition) is 3. The number of rotatable bonds is 5. The Bertz CT molecular complexity index is 777. The van der Waals surface area contributed by atoms with Crippen LogP contribution in [0, 0.1) is 0 Å². The molecule has 0 radical (unpaired) electrons. The summed E-state index contributed by atoms with van der Waals surface area (Å²) in [5, 5.41) is 20.8. The van der Waals surface area contributed by atoms with E-state index in [1.807, 2.05) is 12.1 Å². The third-order valence-electron chi connectivity index (χ3n) is 4.20. The third kappa shape index (κ3) is 3.53. The van der Waals surface area contributed by atoms with Gasteiger partial charge in [0.2, 0.25) is 0 Å². The van der Waals surface area contributed by atoms with Crippen molar-refractivity contribution < 1.29 is 19.8 Å². The average molecular weight is 326 g/mol. The molecule has 0 unspecified atom stereocenters. The Balaban J connectivity index is 1.74. The smallest absolute Gasteiger partial charge is 0.339 e. The first kappa shape index (κ1) is 16.0. The van der Waals surface area contributed by atoms with Crippen LogP contribution < -0.4 is 5.32 Å². The van der Waals surface area contributed by atoms with E-state index in [1.54, 1.807) is 0 Å². The number of aliphatic imine (C=N–C) groups is 1. The maximum atomic E-state index is 11.2. The Kier molecular flexibility index (Phi) is 4.46. The zero-order chi connectivity index (χ0) is 17.1. The average Bonchev–Trinajstić information content (AvgIpc) is 3.00. The van der Waals surface area contributed by atoms with Crippen molar-refractivity contribution >= 4 is 23.9 Å². The van der Waals surface area contributed by atoms with Crippen molar-refractivity contribution in [2.75, 3.05) is 6.54 Å². The predicted octanol–water partition coefficient (Wildman–Crippen LogP) is 1.87. The molecule has 0 spiro atoms. The minimum Gasteiger partial charge on any atom is -0.478 e. The number of carboxylic acid groups (broad SMARTS) is 2. The zero-order valence-corrected chi connectivity index (χ0v) is 13.0. The van der Waals surface area contributed by atoms with Gasteiger partial charge in [-0.1, -0.05) is 35.9 Å². The maximum absolute atomic E-state index is 11.2. The molecule has 1 aromatic rings. The number of fused-ring (bicyclic) bond motifs is 1. The minimum absolute atomic E-state index is 0.0759. The van der Waals surface area contributed by atoms with Crippen LogP contribution in [0.3, 0.4) is 0 Å². The monoisotopic (exact) mass is 326 g/mol. The Morgan fingerprint density at radius 1 is 1.25 bits per heavy atom. The number of carboxylic acids is 2. The summed E-state index contributed by atoms with van der Waals surface area (Å²) in [7, 11) is 0. The van der Waals surface area contributed by atoms with E-state index < -0.39 is 11.9 Å². The lowest BCUT2D eigenvalue weighted by Gasteiger charge is -2.17. The van der Waals surface area contributed by atoms with E-state index in [1.165, 1.54) is 16.7 Å². The molecule has 0 aromatic heterocycles. The molecule has 3 N–H and O–H groups in total. The highest BCUT2D eigenvalue weighted by molar-refractivity contribution is 6.21. The molecule has 0 fully saturated rings. The van der Waals surface area contributed by atoms with Gasteiger partial charge in [-0.25, -0.2) is 9.59 Å². The molecule has 0 amide bonds. The first-order chi connectivity index (χ1) is 11.5. The number of amidine groups is 1. The van der Waals surface area contributed by atoms with Crippen molar-refractivity contribution in [2.24, 2.45) is 4.99 Å². The van der Waals surface area contributed by atoms with Gasteiger partial charge in [-0.15, -0.1) is 0 Å². The number of benzene rings is 1. The topological polar surface area (TPSA) is 99.0 Å². The molecule has 1 atom stereocenters. The highest BCUT2D eigenvalue weighted by Crippen LogP contribution is 2.27. The first-order valence-electron chi connectivity index (χ1n) is 7.80. The lowest BCUT2D eigenvalue weighted by atomic mass is 9.89. The van der Waals surface area contributed by atoms with Crippen molar-refractivity contribution in [1.29, 1.82) is 0 Å². The Hall–Kier alpha value is -2.89. The van der Waals surface area contributed by atoms with E-state index in [0.717, 1.165) is 19.3 Å². The van der Waals surface area contributed by atoms with Crippen molar-refractivity contribution in [1.82, 2.24) is 5.32 Å². The van der Waals surface area contributed by atoms with Crippen molar-refractivity contribution in [3.8, 4) is 0 Å². The molecule has 6 nitrogen and oxygen atoms in total. The van der Waals surface area contributed by atoms with Crippen LogP contribution in [0.4, 0.5) is 0 Å². The molecule has 1 heterocycles. The van der Waals surface area contributed by atoms with Crippen LogP contribution in [-0.2, 0) is 16.0 Å². The first-order valence-corrected chi connectivity index (χ1v) is 7.80. The molecule has 24 heavy (non-hydrogen) atoms. The van der Waals surface area contributed by atoms with Gasteiger partial charge in [0.05, 0.1) is 6.04 Å². The summed E-state index contributed by atoms with van der Waals surface area (Å²) in [4.78, 5) is 26.3. The van der Waals surface area contributed by atoms with Crippen molar-refractivity contribution in [2.45, 2.75) is 25.3 Å². The van der Waals surface area contributed by atoms with Gasteiger partial charge in [0.25, 0.3) is 0 Å². The van der Waals surface area contributed by atoms with Gasteiger partial charge in [-0.3, -0.25) is 4.99 Å². The maximum Gasteiger partial charge on any atom is 0.339 e. The molecule has 0 bridgehead atoms. The van der Waals surface area contributed by atoms with E-state index in [9.17, 15) is 9.59 Å². The van der Waals surface area contributed by atoms with Gasteiger partial charge < -0.3 is 15.5 Å². The highest BCUT2D eigenvalue weighted by atomic mass is 16.4. The molecule has 6 heteroatoms. The predicted molar refractivity (Wildman–Crippen MR) is 89.9 cm³/mol. The molecule has 0 saturated heterocycles. The van der Waals surface area contributed by atoms with Crippen LogP contribution in [0.2, 0.25) is 0 Å². The van der Waals surface area contributed by atoms with Crippen LogP contribution in [0.15, 0.2) is 46.5 Å². The van der Waals surface area contributed by atoms with Gasteiger partial charge in [0, 0.05) is 12.6 Å². The number of nitrogens with zero attached hydrogens (tertiary/aromatic N) is 1. The van der Waals surface area contributed by atoms with Crippen LogP contribution in [0.1, 0.15) is 24.0 Å². The Morgan fingerprint density at radius 2 is 2.04 bits per heavy atom. The standard InChI is InChI=1S/C18H18N2O4/c21-16(22)9-15(18(23)24)17-19-10-14(20-17)8-11-5-6-12-3-1-2-4-13(12)7-11/h1-4,7,9,14H,5-6,8,10H2,(H,19,20)(H,21,22)(H,23,24)/b15-9+/t14-/m1/s1. The van der Waals surface area contributed by atoms with Gasteiger partial charge in [-0.05, 0) is 30.4 Å². The quantitative estimate of drug-likeness (QED) is 0.718. The fourth-order valence-corrected chi connectivity index (χ4v) is 3.08. The highest BCUT2D eigenvalue weighted by Gasteiger charge is 2.25. The van der Waals surface area contributed by atoms with Crippen LogP contribution in [0.5, 0.6) is 0 Å². The second-order valence-electron chi connectivity index (χ2n) is 5.92. The summed E-state index contributed by atoms with van der Waals surface area (Å²) in [6.07, 6.45) is 5.56. The fourth-order valence-electron chi connectivity index (χ4n) is 3.08. The minimum atomic E-state index is -1.30. The van der Waals surface area contributed by atoms with Crippen molar-refractivity contribution in [3.63, 3.8) is 0 Å². The third-order valence-corrected chi connectivity index (χ3v) is 4.20. The lowest BCUT2D eigenvalue weighted by molar-refractivity contribution is -0.134. The van der Waals surface area contributed by atoms with Gasteiger partial charge in [-0.2, -0.15) is 0 Å². The lowest BCUT2D eigenvalue weighted by Crippen LogP contribution is -2.26. The largest absolute Gasteiger partial charge is 0.478 e. The fraction of sp³-hybridized carbons (Fsp3) is 0.278. The normalized spacial score (nSPS) is 19.8. The van der Waals surface area contributed by atoms with Crippen molar-refractivity contribution in [3.05, 3.63) is 52.6 Å². The number of aliphatic carboxylic acids is 2. The summed E-state index contributed by atoms with van der Waals surface area (Å²) >= 11 is 0. The van der Waals surface area contributed by atoms with E-state index in [-0.39, 0.29) is 17.5 Å². The summed E-state index contributed by atoms with van der Waals surface area (Å²) in [6.45, 7) is 0.512. The van der Waals surface area contributed by atoms with E-state index in [4.69, 9.17) is 10.2 Å². The molecule has 3 rings (SSSR count). The molecular formula is C18H18N2O4. The molecule has 1 aromatic carbocycles. The zero-order valence-electron chi connectivity index (χ0n) is 13.0. The van der Waals surface area contributed by atoms with E-state index in [0.29, 0.717) is 12.6 Å². The number of nitrogens with one attached hydrogen (secondary N) is 1. The van der Waals surface area contributed by atoms with Crippen LogP contribution in [-0.4, -0.2) is 40.6 Å². The van der Waals surface area contributed by atoms with Gasteiger partial charge in [0.1, 0.15) is 11.4 Å². The summed E-state index contributed by atoms with van der Waals surface area (Å²) in [6, 6.07) is 8.20. The van der Waals surface area contributed by atoms with Gasteiger partial charge in [0.15, 0.2) is 0 Å². The number of carbonyl (C=O) groups is 2. The summed E-state index contributed by atoms with van der Waals surface area (Å²) in [5.41, 5.74) is 3.54. The molecule has 2 aliphatic rings. The SMILES string of the molecule is O=C(O)/C=C(/C(=O)O)C1=N[C@H](CC2=Cc3ccccc3CC2)CN1. The second-order valence-corrected chi connectivity index (χ2v) is 5.92. The second kappa shape index (κ2) is 6.70.